The summed E-state index contributed by atoms with van der Waals surface area (Å²) in [6, 6.07) is 20.5. The summed E-state index contributed by atoms with van der Waals surface area (Å²) in [7, 11) is 0. The minimum atomic E-state index is -0.894. The number of ether oxygens (including phenoxy) is 1. The van der Waals surface area contributed by atoms with Crippen LogP contribution in [0.5, 0.6) is 5.75 Å². The number of halogens is 1. The summed E-state index contributed by atoms with van der Waals surface area (Å²) in [6.45, 7) is 4.76. The Labute approximate surface area is 278 Å². The first kappa shape index (κ1) is 32.3. The molecule has 0 aliphatic carbocycles. The molecule has 2 saturated heterocycles. The topological polar surface area (TPSA) is 109 Å². The lowest BCUT2D eigenvalue weighted by Gasteiger charge is -2.35. The van der Waals surface area contributed by atoms with Gasteiger partial charge < -0.3 is 24.3 Å². The molecule has 0 saturated carbocycles. The zero-order valence-electron chi connectivity index (χ0n) is 26.4. The molecule has 244 valence electrons. The normalized spacial score (nSPS) is 16.0. The van der Waals surface area contributed by atoms with E-state index < -0.39 is 11.9 Å². The molecule has 2 aliphatic heterocycles. The average Bonchev–Trinajstić information content (AvgIpc) is 3.49. The summed E-state index contributed by atoms with van der Waals surface area (Å²) in [5.74, 6) is -0.0304. The van der Waals surface area contributed by atoms with Gasteiger partial charge in [0.2, 0.25) is 11.8 Å². The van der Waals surface area contributed by atoms with Crippen LogP contribution in [0.4, 0.5) is 0 Å². The van der Waals surface area contributed by atoms with E-state index in [-0.39, 0.29) is 40.9 Å². The van der Waals surface area contributed by atoms with Crippen molar-refractivity contribution in [3.8, 4) is 5.75 Å². The highest BCUT2D eigenvalue weighted by Gasteiger charge is 2.32. The second kappa shape index (κ2) is 14.4. The lowest BCUT2D eigenvalue weighted by molar-refractivity contribution is -0.134. The van der Waals surface area contributed by atoms with E-state index in [4.69, 9.17) is 20.8 Å². The number of carbonyl (C=O) groups is 3. The molecule has 2 fully saturated rings. The number of hydrogen-bond acceptors (Lipinski definition) is 6. The van der Waals surface area contributed by atoms with Crippen molar-refractivity contribution in [2.45, 2.75) is 57.5 Å². The number of likely N-dealkylation sites (tertiary alicyclic amines) is 2. The van der Waals surface area contributed by atoms with E-state index >= 15 is 0 Å². The highest BCUT2D eigenvalue weighted by molar-refractivity contribution is 6.30. The summed E-state index contributed by atoms with van der Waals surface area (Å²) >= 11 is 6.10. The Bertz CT molecular complexity index is 1830. The SMILES string of the molecule is CCOc1ccc2oc(C(=O)N[C@@H](Cc3ccc(Cl)cc3)C(=O)N3CCC(c4ccccc4CN4CCCC4=O)CC3)cc(=O)c2c1. The highest BCUT2D eigenvalue weighted by Crippen LogP contribution is 2.32. The van der Waals surface area contributed by atoms with Crippen LogP contribution in [0.15, 0.2) is 82.0 Å². The van der Waals surface area contributed by atoms with Gasteiger partial charge in [-0.15, -0.1) is 0 Å². The fraction of sp³-hybridized carbons (Fsp3) is 0.351. The molecular weight excluding hydrogens is 618 g/mol. The average molecular weight is 656 g/mol. The maximum absolute atomic E-state index is 14.0. The second-order valence-corrected chi connectivity index (χ2v) is 12.6. The maximum Gasteiger partial charge on any atom is 0.287 e. The van der Waals surface area contributed by atoms with Gasteiger partial charge in [0.1, 0.15) is 17.4 Å². The molecule has 1 aromatic heterocycles. The lowest BCUT2D eigenvalue weighted by atomic mass is 9.86. The molecule has 3 aromatic carbocycles. The predicted octanol–water partition coefficient (Wildman–Crippen LogP) is 5.71. The monoisotopic (exact) mass is 655 g/mol. The van der Waals surface area contributed by atoms with Gasteiger partial charge in [-0.2, -0.15) is 0 Å². The van der Waals surface area contributed by atoms with E-state index in [9.17, 15) is 19.2 Å². The number of piperidine rings is 1. The molecule has 0 spiro atoms. The van der Waals surface area contributed by atoms with Crippen molar-refractivity contribution in [2.24, 2.45) is 0 Å². The van der Waals surface area contributed by atoms with Gasteiger partial charge in [0.25, 0.3) is 5.91 Å². The fourth-order valence-corrected chi connectivity index (χ4v) is 6.70. The van der Waals surface area contributed by atoms with Gasteiger partial charge in [0.05, 0.1) is 12.0 Å². The molecule has 0 radical (unpaired) electrons. The molecule has 9 nitrogen and oxygen atoms in total. The first-order valence-corrected chi connectivity index (χ1v) is 16.6. The molecule has 1 atom stereocenters. The van der Waals surface area contributed by atoms with E-state index in [0.29, 0.717) is 48.8 Å². The van der Waals surface area contributed by atoms with Crippen LogP contribution in [0, 0.1) is 0 Å². The van der Waals surface area contributed by atoms with Crippen LogP contribution in [0.25, 0.3) is 11.0 Å². The standard InChI is InChI=1S/C37H38ClN3O6/c1-2-46-28-13-14-33-30(21-28)32(42)22-34(47-33)36(44)39-31(20-24-9-11-27(38)12-10-24)37(45)40-18-15-25(16-19-40)29-7-4-3-6-26(29)23-41-17-5-8-35(41)43/h3-4,6-7,9-14,21-22,25,31H,2,5,8,15-20,23H2,1H3,(H,39,44)/t31-/m0/s1. The molecule has 0 unspecified atom stereocenters. The van der Waals surface area contributed by atoms with Gasteiger partial charge in [0, 0.05) is 50.1 Å². The number of rotatable bonds is 10. The van der Waals surface area contributed by atoms with Crippen LogP contribution in [0.2, 0.25) is 5.02 Å². The summed E-state index contributed by atoms with van der Waals surface area (Å²) in [5.41, 5.74) is 3.09. The smallest absolute Gasteiger partial charge is 0.287 e. The van der Waals surface area contributed by atoms with Gasteiger partial charge in [-0.25, -0.2) is 0 Å². The Morgan fingerprint density at radius 2 is 1.77 bits per heavy atom. The molecule has 10 heteroatoms. The molecule has 0 bridgehead atoms. The molecule has 2 aliphatic rings. The lowest BCUT2D eigenvalue weighted by Crippen LogP contribution is -2.51. The first-order chi connectivity index (χ1) is 22.8. The molecule has 47 heavy (non-hydrogen) atoms. The van der Waals surface area contributed by atoms with Crippen LogP contribution in [0.1, 0.15) is 65.8 Å². The molecule has 3 amide bonds. The summed E-state index contributed by atoms with van der Waals surface area (Å²) < 4.78 is 11.3. The predicted molar refractivity (Wildman–Crippen MR) is 180 cm³/mol. The van der Waals surface area contributed by atoms with Gasteiger partial charge in [-0.1, -0.05) is 48.0 Å². The Balaban J connectivity index is 1.18. The summed E-state index contributed by atoms with van der Waals surface area (Å²) in [5, 5.41) is 3.73. The number of carbonyl (C=O) groups excluding carboxylic acids is 3. The maximum atomic E-state index is 14.0. The molecule has 1 N–H and O–H groups in total. The van der Waals surface area contributed by atoms with Crippen LogP contribution < -0.4 is 15.5 Å². The fourth-order valence-electron chi connectivity index (χ4n) is 6.57. The van der Waals surface area contributed by atoms with Crippen LogP contribution in [0.3, 0.4) is 0 Å². The minimum Gasteiger partial charge on any atom is -0.494 e. The Morgan fingerprint density at radius 1 is 1.00 bits per heavy atom. The largest absolute Gasteiger partial charge is 0.494 e. The van der Waals surface area contributed by atoms with Crippen molar-refractivity contribution in [1.29, 1.82) is 0 Å². The van der Waals surface area contributed by atoms with E-state index in [1.807, 2.05) is 36.1 Å². The number of nitrogens with zero attached hydrogens (tertiary/aromatic N) is 2. The van der Waals surface area contributed by atoms with Crippen molar-refractivity contribution in [3.63, 3.8) is 0 Å². The number of fused-ring (bicyclic) bond motifs is 1. The summed E-state index contributed by atoms with van der Waals surface area (Å²) in [6.07, 6.45) is 3.28. The van der Waals surface area contributed by atoms with E-state index in [1.165, 1.54) is 5.56 Å². The van der Waals surface area contributed by atoms with E-state index in [0.717, 1.165) is 43.0 Å². The van der Waals surface area contributed by atoms with Crippen molar-refractivity contribution in [1.82, 2.24) is 15.1 Å². The molecular formula is C37H38ClN3O6. The summed E-state index contributed by atoms with van der Waals surface area (Å²) in [4.78, 5) is 56.5. The number of amides is 3. The molecule has 4 aromatic rings. The van der Waals surface area contributed by atoms with Crippen molar-refractivity contribution in [3.05, 3.63) is 110 Å². The third-order valence-corrected chi connectivity index (χ3v) is 9.28. The van der Waals surface area contributed by atoms with Gasteiger partial charge in [0.15, 0.2) is 11.2 Å². The van der Waals surface area contributed by atoms with Gasteiger partial charge in [-0.05, 0) is 79.1 Å². The number of benzene rings is 3. The van der Waals surface area contributed by atoms with Gasteiger partial charge in [-0.3, -0.25) is 19.2 Å². The zero-order chi connectivity index (χ0) is 32.9. The Hall–Kier alpha value is -4.63. The second-order valence-electron chi connectivity index (χ2n) is 12.1. The van der Waals surface area contributed by atoms with Crippen molar-refractivity contribution in [2.75, 3.05) is 26.2 Å². The number of nitrogens with one attached hydrogen (secondary N) is 1. The third kappa shape index (κ3) is 7.52. The highest BCUT2D eigenvalue weighted by atomic mass is 35.5. The Morgan fingerprint density at radius 3 is 2.49 bits per heavy atom. The van der Waals surface area contributed by atoms with Crippen LogP contribution >= 0.6 is 11.6 Å². The quantitative estimate of drug-likeness (QED) is 0.234. The van der Waals surface area contributed by atoms with Crippen LogP contribution in [-0.4, -0.2) is 59.8 Å². The van der Waals surface area contributed by atoms with Crippen LogP contribution in [-0.2, 0) is 22.6 Å². The molecule has 3 heterocycles. The van der Waals surface area contributed by atoms with E-state index in [1.54, 1.807) is 35.2 Å². The van der Waals surface area contributed by atoms with E-state index in [2.05, 4.69) is 17.4 Å². The van der Waals surface area contributed by atoms with Crippen molar-refractivity contribution >= 4 is 40.3 Å². The molecule has 6 rings (SSSR count). The third-order valence-electron chi connectivity index (χ3n) is 9.02. The number of hydrogen-bond donors (Lipinski definition) is 1. The first-order valence-electron chi connectivity index (χ1n) is 16.2. The zero-order valence-corrected chi connectivity index (χ0v) is 27.1. The van der Waals surface area contributed by atoms with Crippen molar-refractivity contribution < 1.29 is 23.5 Å². The Kier molecular flexibility index (Phi) is 9.92. The minimum absolute atomic E-state index is 0.174. The van der Waals surface area contributed by atoms with Gasteiger partial charge >= 0.3 is 0 Å².